The molecule has 1 heterocycles. The van der Waals surface area contributed by atoms with Crippen LogP contribution in [-0.4, -0.2) is 17.1 Å². The summed E-state index contributed by atoms with van der Waals surface area (Å²) < 4.78 is 6.15. The van der Waals surface area contributed by atoms with Gasteiger partial charge in [-0.15, -0.1) is 0 Å². The van der Waals surface area contributed by atoms with E-state index in [-0.39, 0.29) is 5.60 Å². The molecule has 0 aliphatic carbocycles. The summed E-state index contributed by atoms with van der Waals surface area (Å²) in [6.45, 7) is 10.1. The van der Waals surface area contributed by atoms with Crippen molar-refractivity contribution >= 4 is 10.8 Å². The summed E-state index contributed by atoms with van der Waals surface area (Å²) >= 11 is 0. The second kappa shape index (κ2) is 6.23. The third-order valence-electron chi connectivity index (χ3n) is 3.54. The smallest absolute Gasteiger partial charge is 0.222 e. The Morgan fingerprint density at radius 1 is 1.20 bits per heavy atom. The fourth-order valence-corrected chi connectivity index (χ4v) is 1.98. The molecule has 0 unspecified atom stereocenters. The molecular formula is C17H24N2O. The maximum absolute atomic E-state index is 6.15. The number of benzene rings is 1. The predicted octanol–water partition coefficient (Wildman–Crippen LogP) is 3.91. The van der Waals surface area contributed by atoms with Crippen LogP contribution in [0.15, 0.2) is 30.3 Å². The lowest BCUT2D eigenvalue weighted by Gasteiger charge is -2.25. The van der Waals surface area contributed by atoms with Gasteiger partial charge in [0.1, 0.15) is 5.60 Å². The highest BCUT2D eigenvalue weighted by atomic mass is 16.5. The molecule has 0 amide bonds. The number of fused-ring (bicyclic) bond motifs is 1. The quantitative estimate of drug-likeness (QED) is 0.865. The lowest BCUT2D eigenvalue weighted by atomic mass is 10.1. The van der Waals surface area contributed by atoms with Crippen molar-refractivity contribution < 1.29 is 4.74 Å². The zero-order valence-corrected chi connectivity index (χ0v) is 12.9. The second-order valence-corrected chi connectivity index (χ2v) is 5.64. The van der Waals surface area contributed by atoms with Crippen molar-refractivity contribution in [3.05, 3.63) is 36.0 Å². The molecule has 108 valence electrons. The highest BCUT2D eigenvalue weighted by Gasteiger charge is 2.19. The number of nitrogens with zero attached hydrogens (tertiary/aromatic N) is 1. The summed E-state index contributed by atoms with van der Waals surface area (Å²) in [6, 6.07) is 10.4. The number of hydrogen-bond donors (Lipinski definition) is 1. The van der Waals surface area contributed by atoms with Crippen LogP contribution in [0.1, 0.15) is 39.8 Å². The number of aromatic nitrogens is 1. The Hall–Kier alpha value is -1.61. The van der Waals surface area contributed by atoms with E-state index in [1.54, 1.807) is 0 Å². The molecule has 20 heavy (non-hydrogen) atoms. The molecule has 2 rings (SSSR count). The molecule has 0 radical (unpaired) electrons. The monoisotopic (exact) mass is 272 g/mol. The van der Waals surface area contributed by atoms with Crippen LogP contribution in [0.25, 0.3) is 10.8 Å². The molecule has 0 saturated carbocycles. The zero-order chi connectivity index (χ0) is 14.6. The third-order valence-corrected chi connectivity index (χ3v) is 3.54. The van der Waals surface area contributed by atoms with Crippen molar-refractivity contribution in [1.82, 2.24) is 10.3 Å². The van der Waals surface area contributed by atoms with Gasteiger partial charge in [0.25, 0.3) is 0 Å². The first-order valence-corrected chi connectivity index (χ1v) is 7.34. The van der Waals surface area contributed by atoms with E-state index in [0.29, 0.717) is 0 Å². The van der Waals surface area contributed by atoms with Gasteiger partial charge in [0.05, 0.1) is 5.69 Å². The molecule has 3 nitrogen and oxygen atoms in total. The summed E-state index contributed by atoms with van der Waals surface area (Å²) in [7, 11) is 0. The lowest BCUT2D eigenvalue weighted by Crippen LogP contribution is -2.27. The molecule has 0 spiro atoms. The number of hydrogen-bond acceptors (Lipinski definition) is 3. The van der Waals surface area contributed by atoms with Crippen molar-refractivity contribution in [2.75, 3.05) is 6.54 Å². The first-order valence-electron chi connectivity index (χ1n) is 7.34. The Labute approximate surface area is 121 Å². The average Bonchev–Trinajstić information content (AvgIpc) is 2.45. The second-order valence-electron chi connectivity index (χ2n) is 5.64. The van der Waals surface area contributed by atoms with Gasteiger partial charge in [-0.1, -0.05) is 32.0 Å². The predicted molar refractivity (Wildman–Crippen MR) is 84.1 cm³/mol. The third kappa shape index (κ3) is 3.48. The van der Waals surface area contributed by atoms with E-state index in [0.717, 1.165) is 36.5 Å². The van der Waals surface area contributed by atoms with Crippen molar-refractivity contribution in [1.29, 1.82) is 0 Å². The van der Waals surface area contributed by atoms with Crippen LogP contribution < -0.4 is 10.1 Å². The highest BCUT2D eigenvalue weighted by molar-refractivity contribution is 5.87. The van der Waals surface area contributed by atoms with E-state index in [2.05, 4.69) is 56.2 Å². The minimum absolute atomic E-state index is 0.202. The van der Waals surface area contributed by atoms with Gasteiger partial charge in [-0.3, -0.25) is 0 Å². The molecule has 0 saturated heterocycles. The van der Waals surface area contributed by atoms with Gasteiger partial charge in [-0.2, -0.15) is 0 Å². The molecule has 1 aromatic heterocycles. The van der Waals surface area contributed by atoms with Crippen LogP contribution in [0.4, 0.5) is 0 Å². The maximum atomic E-state index is 6.15. The first-order chi connectivity index (χ1) is 9.55. The topological polar surface area (TPSA) is 34.1 Å². The molecule has 3 heteroatoms. The Balaban J connectivity index is 2.43. The van der Waals surface area contributed by atoms with Crippen LogP contribution in [0.5, 0.6) is 5.88 Å². The Kier molecular flexibility index (Phi) is 4.61. The Bertz CT molecular complexity index is 578. The van der Waals surface area contributed by atoms with Crippen LogP contribution in [-0.2, 0) is 6.54 Å². The summed E-state index contributed by atoms with van der Waals surface area (Å²) in [5.41, 5.74) is 0.819. The van der Waals surface area contributed by atoms with Gasteiger partial charge in [-0.05, 0) is 44.3 Å². The number of ether oxygens (including phenoxy) is 1. The standard InChI is InChI=1S/C17H24N2O/c1-5-17(3,4)20-16-15-10-8-7-9-13(15)11-14(19-16)12-18-6-2/h7-11,18H,5-6,12H2,1-4H3. The molecule has 1 aromatic carbocycles. The molecule has 2 aromatic rings. The van der Waals surface area contributed by atoms with Crippen molar-refractivity contribution in [2.24, 2.45) is 0 Å². The fourth-order valence-electron chi connectivity index (χ4n) is 1.98. The van der Waals surface area contributed by atoms with Crippen molar-refractivity contribution in [2.45, 2.75) is 46.3 Å². The minimum atomic E-state index is -0.202. The maximum Gasteiger partial charge on any atom is 0.222 e. The van der Waals surface area contributed by atoms with E-state index in [9.17, 15) is 0 Å². The van der Waals surface area contributed by atoms with Crippen molar-refractivity contribution in [3.63, 3.8) is 0 Å². The highest BCUT2D eigenvalue weighted by Crippen LogP contribution is 2.28. The Morgan fingerprint density at radius 2 is 1.95 bits per heavy atom. The molecule has 0 aliphatic heterocycles. The summed E-state index contributed by atoms with van der Waals surface area (Å²) in [4.78, 5) is 4.69. The molecular weight excluding hydrogens is 248 g/mol. The van der Waals surface area contributed by atoms with Crippen molar-refractivity contribution in [3.8, 4) is 5.88 Å². The average molecular weight is 272 g/mol. The van der Waals surface area contributed by atoms with Crippen LogP contribution in [0.2, 0.25) is 0 Å². The molecule has 0 bridgehead atoms. The van der Waals surface area contributed by atoms with Gasteiger partial charge in [0.15, 0.2) is 0 Å². The SMILES string of the molecule is CCNCc1cc2ccccc2c(OC(C)(C)CC)n1. The van der Waals surface area contributed by atoms with Gasteiger partial charge in [0, 0.05) is 11.9 Å². The van der Waals surface area contributed by atoms with Gasteiger partial charge in [0.2, 0.25) is 5.88 Å². The lowest BCUT2D eigenvalue weighted by molar-refractivity contribution is 0.101. The number of pyridine rings is 1. The fraction of sp³-hybridized carbons (Fsp3) is 0.471. The van der Waals surface area contributed by atoms with E-state index in [1.165, 1.54) is 5.39 Å². The van der Waals surface area contributed by atoms with Crippen LogP contribution >= 0.6 is 0 Å². The summed E-state index contributed by atoms with van der Waals surface area (Å²) in [5, 5.41) is 5.57. The zero-order valence-electron chi connectivity index (χ0n) is 12.9. The van der Waals surface area contributed by atoms with E-state index < -0.39 is 0 Å². The van der Waals surface area contributed by atoms with Gasteiger partial charge in [-0.25, -0.2) is 4.98 Å². The molecule has 0 fully saturated rings. The number of nitrogens with one attached hydrogen (secondary N) is 1. The summed E-state index contributed by atoms with van der Waals surface area (Å²) in [5.74, 6) is 0.739. The molecule has 0 atom stereocenters. The van der Waals surface area contributed by atoms with Crippen LogP contribution in [0, 0.1) is 0 Å². The summed E-state index contributed by atoms with van der Waals surface area (Å²) in [6.07, 6.45) is 0.945. The van der Waals surface area contributed by atoms with E-state index in [1.807, 2.05) is 12.1 Å². The minimum Gasteiger partial charge on any atom is -0.471 e. The Morgan fingerprint density at radius 3 is 2.65 bits per heavy atom. The first kappa shape index (κ1) is 14.8. The normalized spacial score (nSPS) is 11.8. The van der Waals surface area contributed by atoms with Gasteiger partial charge < -0.3 is 10.1 Å². The van der Waals surface area contributed by atoms with Crippen LogP contribution in [0.3, 0.4) is 0 Å². The largest absolute Gasteiger partial charge is 0.471 e. The van der Waals surface area contributed by atoms with E-state index >= 15 is 0 Å². The van der Waals surface area contributed by atoms with Gasteiger partial charge >= 0.3 is 0 Å². The molecule has 1 N–H and O–H groups in total. The molecule has 0 aliphatic rings. The number of rotatable bonds is 6. The van der Waals surface area contributed by atoms with E-state index in [4.69, 9.17) is 4.74 Å².